The largest absolute Gasteiger partial charge is 0.393 e. The molecule has 23 heavy (non-hydrogen) atoms. The van der Waals surface area contributed by atoms with E-state index in [2.05, 4.69) is 19.9 Å². The van der Waals surface area contributed by atoms with Crippen LogP contribution in [-0.2, 0) is 0 Å². The standard InChI is InChI=1S/C16H20N4O2S/c1-9(2)13-15(23-20-19-13)16(22)18-14(10-7-11(21)8-10)12-5-3-4-6-17-12/h3-6,9-11,14,21H,7-8H2,1-2H3,(H,18,22)/t10?,11?,14-/m1/s1. The molecule has 2 aromatic rings. The summed E-state index contributed by atoms with van der Waals surface area (Å²) >= 11 is 1.12. The smallest absolute Gasteiger partial charge is 0.265 e. The van der Waals surface area contributed by atoms with E-state index in [1.54, 1.807) is 6.20 Å². The number of pyridine rings is 1. The van der Waals surface area contributed by atoms with E-state index in [1.807, 2.05) is 32.0 Å². The van der Waals surface area contributed by atoms with E-state index in [0.29, 0.717) is 17.7 Å². The Morgan fingerprint density at radius 2 is 2.17 bits per heavy atom. The highest BCUT2D eigenvalue weighted by Crippen LogP contribution is 2.37. The molecule has 1 saturated carbocycles. The Hall–Kier alpha value is -1.86. The number of hydrogen-bond acceptors (Lipinski definition) is 6. The maximum absolute atomic E-state index is 12.7. The molecule has 6 nitrogen and oxygen atoms in total. The molecule has 2 aromatic heterocycles. The third-order valence-electron chi connectivity index (χ3n) is 4.18. The fourth-order valence-electron chi connectivity index (χ4n) is 2.83. The molecule has 0 aromatic carbocycles. The maximum atomic E-state index is 12.7. The van der Waals surface area contributed by atoms with Gasteiger partial charge in [0.15, 0.2) is 0 Å². The first-order chi connectivity index (χ1) is 11.1. The average molecular weight is 332 g/mol. The lowest BCUT2D eigenvalue weighted by molar-refractivity contribution is 0.0228. The molecular weight excluding hydrogens is 312 g/mol. The molecular formula is C16H20N4O2S. The molecule has 0 saturated heterocycles. The summed E-state index contributed by atoms with van der Waals surface area (Å²) in [5, 5.41) is 16.7. The fourth-order valence-corrected chi connectivity index (χ4v) is 3.56. The second kappa shape index (κ2) is 6.72. The molecule has 0 radical (unpaired) electrons. The van der Waals surface area contributed by atoms with Crippen LogP contribution in [0.4, 0.5) is 0 Å². The Kier molecular flexibility index (Phi) is 4.68. The van der Waals surface area contributed by atoms with Crippen LogP contribution < -0.4 is 5.32 Å². The van der Waals surface area contributed by atoms with E-state index in [9.17, 15) is 9.90 Å². The number of rotatable bonds is 5. The fraction of sp³-hybridized carbons (Fsp3) is 0.500. The molecule has 7 heteroatoms. The van der Waals surface area contributed by atoms with Gasteiger partial charge in [-0.15, -0.1) is 5.10 Å². The molecule has 122 valence electrons. The number of nitrogens with one attached hydrogen (secondary N) is 1. The number of aliphatic hydroxyl groups is 1. The molecule has 2 heterocycles. The first-order valence-electron chi connectivity index (χ1n) is 7.78. The van der Waals surface area contributed by atoms with Gasteiger partial charge < -0.3 is 10.4 Å². The minimum absolute atomic E-state index is 0.147. The zero-order valence-corrected chi connectivity index (χ0v) is 14.0. The zero-order valence-electron chi connectivity index (χ0n) is 13.1. The van der Waals surface area contributed by atoms with Crippen LogP contribution in [0, 0.1) is 5.92 Å². The third kappa shape index (κ3) is 3.40. The average Bonchev–Trinajstić information content (AvgIpc) is 3.00. The van der Waals surface area contributed by atoms with Crippen molar-refractivity contribution in [3.8, 4) is 0 Å². The minimum Gasteiger partial charge on any atom is -0.393 e. The Labute approximate surface area is 139 Å². The van der Waals surface area contributed by atoms with Crippen LogP contribution >= 0.6 is 11.5 Å². The molecule has 1 fully saturated rings. The SMILES string of the molecule is CC(C)c1nnsc1C(=O)N[C@@H](c1ccccn1)C1CC(O)C1. The van der Waals surface area contributed by atoms with Crippen molar-refractivity contribution in [2.45, 2.75) is 44.8 Å². The van der Waals surface area contributed by atoms with E-state index in [0.717, 1.165) is 22.9 Å². The van der Waals surface area contributed by atoms with Gasteiger partial charge in [-0.2, -0.15) is 0 Å². The molecule has 3 rings (SSSR count). The first-order valence-corrected chi connectivity index (χ1v) is 8.55. The predicted molar refractivity (Wildman–Crippen MR) is 87.2 cm³/mol. The summed E-state index contributed by atoms with van der Waals surface area (Å²) in [6.45, 7) is 3.98. The van der Waals surface area contributed by atoms with Gasteiger partial charge in [-0.3, -0.25) is 9.78 Å². The number of amides is 1. The number of aromatic nitrogens is 3. The van der Waals surface area contributed by atoms with Crippen molar-refractivity contribution in [2.75, 3.05) is 0 Å². The zero-order chi connectivity index (χ0) is 16.4. The highest BCUT2D eigenvalue weighted by molar-refractivity contribution is 7.08. The molecule has 1 atom stereocenters. The van der Waals surface area contributed by atoms with E-state index in [4.69, 9.17) is 0 Å². The van der Waals surface area contributed by atoms with Gasteiger partial charge in [0.25, 0.3) is 5.91 Å². The van der Waals surface area contributed by atoms with Crippen molar-refractivity contribution in [1.82, 2.24) is 19.9 Å². The van der Waals surface area contributed by atoms with Gasteiger partial charge in [0.2, 0.25) is 0 Å². The van der Waals surface area contributed by atoms with E-state index < -0.39 is 0 Å². The number of carbonyl (C=O) groups excluding carboxylic acids is 1. The lowest BCUT2D eigenvalue weighted by atomic mass is 9.76. The Balaban J connectivity index is 1.81. The normalized spacial score (nSPS) is 21.7. The molecule has 0 spiro atoms. The maximum Gasteiger partial charge on any atom is 0.265 e. The van der Waals surface area contributed by atoms with Crippen molar-refractivity contribution in [2.24, 2.45) is 5.92 Å². The number of hydrogen-bond donors (Lipinski definition) is 2. The highest BCUT2D eigenvalue weighted by Gasteiger charge is 2.37. The lowest BCUT2D eigenvalue weighted by Crippen LogP contribution is -2.41. The lowest BCUT2D eigenvalue weighted by Gasteiger charge is -2.37. The van der Waals surface area contributed by atoms with Crippen LogP contribution in [0.2, 0.25) is 0 Å². The number of aliphatic hydroxyl groups excluding tert-OH is 1. The first kappa shape index (κ1) is 16.0. The van der Waals surface area contributed by atoms with Gasteiger partial charge in [-0.25, -0.2) is 0 Å². The van der Waals surface area contributed by atoms with Gasteiger partial charge in [-0.05, 0) is 48.3 Å². The van der Waals surface area contributed by atoms with Crippen LogP contribution in [0.3, 0.4) is 0 Å². The molecule has 0 aliphatic heterocycles. The predicted octanol–water partition coefficient (Wildman–Crippen LogP) is 2.30. The summed E-state index contributed by atoms with van der Waals surface area (Å²) < 4.78 is 3.91. The Morgan fingerprint density at radius 3 is 2.78 bits per heavy atom. The molecule has 1 aliphatic carbocycles. The van der Waals surface area contributed by atoms with Crippen molar-refractivity contribution in [1.29, 1.82) is 0 Å². The third-order valence-corrected chi connectivity index (χ3v) is 4.92. The monoisotopic (exact) mass is 332 g/mol. The quantitative estimate of drug-likeness (QED) is 0.877. The van der Waals surface area contributed by atoms with Crippen LogP contribution in [0.5, 0.6) is 0 Å². The van der Waals surface area contributed by atoms with E-state index in [-0.39, 0.29) is 29.9 Å². The highest BCUT2D eigenvalue weighted by atomic mass is 32.1. The Bertz CT molecular complexity index is 668. The molecule has 0 bridgehead atoms. The second-order valence-corrected chi connectivity index (χ2v) is 6.99. The van der Waals surface area contributed by atoms with Gasteiger partial charge in [-0.1, -0.05) is 24.4 Å². The van der Waals surface area contributed by atoms with Crippen LogP contribution in [0.25, 0.3) is 0 Å². The van der Waals surface area contributed by atoms with Gasteiger partial charge in [0.1, 0.15) is 4.88 Å². The second-order valence-electron chi connectivity index (χ2n) is 6.23. The summed E-state index contributed by atoms with van der Waals surface area (Å²) in [5.74, 6) is 0.182. The summed E-state index contributed by atoms with van der Waals surface area (Å²) in [5.41, 5.74) is 1.54. The van der Waals surface area contributed by atoms with E-state index >= 15 is 0 Å². The number of nitrogens with zero attached hydrogens (tertiary/aromatic N) is 3. The van der Waals surface area contributed by atoms with Crippen LogP contribution in [0.15, 0.2) is 24.4 Å². The summed E-state index contributed by atoms with van der Waals surface area (Å²) in [4.78, 5) is 17.6. The van der Waals surface area contributed by atoms with Gasteiger partial charge in [0, 0.05) is 6.20 Å². The van der Waals surface area contributed by atoms with Crippen molar-refractivity contribution >= 4 is 17.4 Å². The number of carbonyl (C=O) groups is 1. The topological polar surface area (TPSA) is 88.0 Å². The van der Waals surface area contributed by atoms with Crippen LogP contribution in [0.1, 0.15) is 59.7 Å². The molecule has 1 aliphatic rings. The van der Waals surface area contributed by atoms with Gasteiger partial charge in [0.05, 0.1) is 23.5 Å². The molecule has 0 unspecified atom stereocenters. The van der Waals surface area contributed by atoms with Crippen LogP contribution in [-0.4, -0.2) is 31.7 Å². The summed E-state index contributed by atoms with van der Waals surface area (Å²) in [7, 11) is 0. The minimum atomic E-state index is -0.278. The Morgan fingerprint density at radius 1 is 1.39 bits per heavy atom. The van der Waals surface area contributed by atoms with Crippen molar-refractivity contribution in [3.05, 3.63) is 40.7 Å². The molecule has 1 amide bonds. The van der Waals surface area contributed by atoms with Crippen molar-refractivity contribution in [3.63, 3.8) is 0 Å². The van der Waals surface area contributed by atoms with E-state index in [1.165, 1.54) is 0 Å². The van der Waals surface area contributed by atoms with Gasteiger partial charge >= 0.3 is 0 Å². The summed E-state index contributed by atoms with van der Waals surface area (Å²) in [6.07, 6.45) is 2.80. The van der Waals surface area contributed by atoms with Crippen molar-refractivity contribution < 1.29 is 9.90 Å². The summed E-state index contributed by atoms with van der Waals surface area (Å²) in [6, 6.07) is 5.46. The molecule has 2 N–H and O–H groups in total.